The second-order valence-corrected chi connectivity index (χ2v) is 7.72. The molecule has 154 valence electrons. The number of hydrogen-bond acceptors (Lipinski definition) is 6. The van der Waals surface area contributed by atoms with Crippen LogP contribution in [0.15, 0.2) is 23.0 Å². The number of amides is 2. The van der Waals surface area contributed by atoms with Crippen molar-refractivity contribution in [1.82, 2.24) is 25.5 Å². The molecule has 2 aromatic rings. The van der Waals surface area contributed by atoms with E-state index in [1.54, 1.807) is 12.5 Å². The first-order valence-corrected chi connectivity index (χ1v) is 10.2. The molecule has 2 aromatic heterocycles. The van der Waals surface area contributed by atoms with E-state index in [0.717, 1.165) is 42.0 Å². The van der Waals surface area contributed by atoms with Crippen molar-refractivity contribution in [3.63, 3.8) is 0 Å². The minimum absolute atomic E-state index is 0.104. The number of piperazine rings is 1. The highest BCUT2D eigenvalue weighted by molar-refractivity contribution is 5.88. The Morgan fingerprint density at radius 1 is 1.38 bits per heavy atom. The summed E-state index contributed by atoms with van der Waals surface area (Å²) in [6.07, 6.45) is 7.23. The minimum atomic E-state index is -0.475. The molecule has 3 heterocycles. The van der Waals surface area contributed by atoms with Crippen LogP contribution in [0.4, 0.5) is 0 Å². The summed E-state index contributed by atoms with van der Waals surface area (Å²) in [6, 6.07) is 1.40. The van der Waals surface area contributed by atoms with Gasteiger partial charge in [0, 0.05) is 49.6 Å². The van der Waals surface area contributed by atoms with Crippen LogP contribution in [0.2, 0.25) is 0 Å². The maximum atomic E-state index is 12.5. The highest BCUT2D eigenvalue weighted by atomic mass is 16.3. The molecule has 1 saturated heterocycles. The molecule has 1 aliphatic heterocycles. The summed E-state index contributed by atoms with van der Waals surface area (Å²) >= 11 is 0. The second-order valence-electron chi connectivity index (χ2n) is 7.72. The van der Waals surface area contributed by atoms with Crippen molar-refractivity contribution in [3.8, 4) is 0 Å². The number of fused-ring (bicyclic) bond motifs is 1. The SMILES string of the molecule is Cc1nc(CCNC(=O)C[C@@H]2C(=O)NCCN2Cc2ccoc2)nc2c1CCC2. The van der Waals surface area contributed by atoms with Crippen LogP contribution in [0.1, 0.15) is 41.2 Å². The van der Waals surface area contributed by atoms with Gasteiger partial charge in [0.15, 0.2) is 0 Å². The van der Waals surface area contributed by atoms with Gasteiger partial charge in [-0.2, -0.15) is 0 Å². The van der Waals surface area contributed by atoms with Gasteiger partial charge in [0.1, 0.15) is 5.82 Å². The molecule has 0 spiro atoms. The van der Waals surface area contributed by atoms with Crippen LogP contribution in [0, 0.1) is 6.92 Å². The van der Waals surface area contributed by atoms with Crippen LogP contribution < -0.4 is 10.6 Å². The molecule has 1 fully saturated rings. The van der Waals surface area contributed by atoms with Crippen molar-refractivity contribution in [1.29, 1.82) is 0 Å². The normalized spacial score (nSPS) is 19.1. The Balaban J connectivity index is 1.30. The smallest absolute Gasteiger partial charge is 0.237 e. The van der Waals surface area contributed by atoms with Gasteiger partial charge in [-0.05, 0) is 37.8 Å². The topological polar surface area (TPSA) is 100 Å². The third kappa shape index (κ3) is 4.64. The number of nitrogens with zero attached hydrogens (tertiary/aromatic N) is 3. The molecule has 4 rings (SSSR count). The van der Waals surface area contributed by atoms with Crippen LogP contribution in [-0.2, 0) is 35.4 Å². The van der Waals surface area contributed by atoms with Crippen molar-refractivity contribution in [2.45, 2.75) is 51.6 Å². The standard InChI is InChI=1S/C21H27N5O3/c1-14-16-3-2-4-17(16)25-19(24-14)5-7-22-20(27)11-18-21(28)23-8-9-26(18)12-15-6-10-29-13-15/h6,10,13,18H,2-5,7-9,11-12H2,1H3,(H,22,27)(H,23,28)/t18-/m1/s1. The molecule has 0 bridgehead atoms. The number of furan rings is 1. The molecule has 8 nitrogen and oxygen atoms in total. The Hall–Kier alpha value is -2.74. The maximum Gasteiger partial charge on any atom is 0.237 e. The Labute approximate surface area is 170 Å². The lowest BCUT2D eigenvalue weighted by atomic mass is 10.1. The third-order valence-corrected chi connectivity index (χ3v) is 5.64. The van der Waals surface area contributed by atoms with Crippen molar-refractivity contribution in [2.75, 3.05) is 19.6 Å². The molecular weight excluding hydrogens is 370 g/mol. The molecule has 2 N–H and O–H groups in total. The zero-order chi connectivity index (χ0) is 20.2. The number of carbonyl (C=O) groups is 2. The molecular formula is C21H27N5O3. The van der Waals surface area contributed by atoms with Crippen molar-refractivity contribution in [3.05, 3.63) is 46.9 Å². The van der Waals surface area contributed by atoms with Gasteiger partial charge in [-0.3, -0.25) is 14.5 Å². The summed E-state index contributed by atoms with van der Waals surface area (Å²) in [5.74, 6) is 0.537. The summed E-state index contributed by atoms with van der Waals surface area (Å²) in [4.78, 5) is 36.1. The van der Waals surface area contributed by atoms with E-state index in [0.29, 0.717) is 32.6 Å². The largest absolute Gasteiger partial charge is 0.472 e. The zero-order valence-electron chi connectivity index (χ0n) is 16.7. The summed E-state index contributed by atoms with van der Waals surface area (Å²) in [5.41, 5.74) is 4.50. The number of rotatable bonds is 7. The predicted octanol–water partition coefficient (Wildman–Crippen LogP) is 0.916. The van der Waals surface area contributed by atoms with Gasteiger partial charge in [0.25, 0.3) is 0 Å². The molecule has 1 atom stereocenters. The van der Waals surface area contributed by atoms with Crippen molar-refractivity contribution >= 4 is 11.8 Å². The lowest BCUT2D eigenvalue weighted by Gasteiger charge is -2.34. The minimum Gasteiger partial charge on any atom is -0.472 e. The number of nitrogens with one attached hydrogen (secondary N) is 2. The summed E-state index contributed by atoms with van der Waals surface area (Å²) in [7, 11) is 0. The van der Waals surface area contributed by atoms with Crippen LogP contribution >= 0.6 is 0 Å². The summed E-state index contributed by atoms with van der Waals surface area (Å²) in [6.45, 7) is 4.38. The first-order valence-electron chi connectivity index (χ1n) is 10.2. The molecule has 8 heteroatoms. The molecule has 0 radical (unpaired) electrons. The Morgan fingerprint density at radius 3 is 3.10 bits per heavy atom. The number of carbonyl (C=O) groups excluding carboxylic acids is 2. The van der Waals surface area contributed by atoms with Crippen LogP contribution in [0.3, 0.4) is 0 Å². The van der Waals surface area contributed by atoms with E-state index in [9.17, 15) is 9.59 Å². The van der Waals surface area contributed by atoms with Gasteiger partial charge < -0.3 is 15.1 Å². The van der Waals surface area contributed by atoms with Gasteiger partial charge in [0.2, 0.25) is 11.8 Å². The van der Waals surface area contributed by atoms with Crippen LogP contribution in [0.5, 0.6) is 0 Å². The lowest BCUT2D eigenvalue weighted by Crippen LogP contribution is -2.56. The monoisotopic (exact) mass is 397 g/mol. The first kappa shape index (κ1) is 19.6. The summed E-state index contributed by atoms with van der Waals surface area (Å²) < 4.78 is 5.11. The van der Waals surface area contributed by atoms with E-state index < -0.39 is 6.04 Å². The van der Waals surface area contributed by atoms with E-state index in [4.69, 9.17) is 4.42 Å². The van der Waals surface area contributed by atoms with Gasteiger partial charge in [-0.15, -0.1) is 0 Å². The fraction of sp³-hybridized carbons (Fsp3) is 0.524. The number of aryl methyl sites for hydroxylation is 2. The average molecular weight is 397 g/mol. The third-order valence-electron chi connectivity index (χ3n) is 5.64. The van der Waals surface area contributed by atoms with Crippen molar-refractivity contribution in [2.24, 2.45) is 0 Å². The molecule has 0 saturated carbocycles. The fourth-order valence-corrected chi connectivity index (χ4v) is 4.15. The van der Waals surface area contributed by atoms with Gasteiger partial charge in [-0.25, -0.2) is 9.97 Å². The molecule has 0 aromatic carbocycles. The first-order chi connectivity index (χ1) is 14.1. The Bertz CT molecular complexity index is 881. The molecule has 29 heavy (non-hydrogen) atoms. The van der Waals surface area contributed by atoms with E-state index in [2.05, 4.69) is 20.6 Å². The molecule has 1 aliphatic carbocycles. The Morgan fingerprint density at radius 2 is 2.28 bits per heavy atom. The Kier molecular flexibility index (Phi) is 5.89. The summed E-state index contributed by atoms with van der Waals surface area (Å²) in [5, 5.41) is 5.78. The number of aromatic nitrogens is 2. The number of hydrogen-bond donors (Lipinski definition) is 2. The van der Waals surface area contributed by atoms with Crippen LogP contribution in [0.25, 0.3) is 0 Å². The maximum absolute atomic E-state index is 12.5. The van der Waals surface area contributed by atoms with Crippen LogP contribution in [-0.4, -0.2) is 52.4 Å². The van der Waals surface area contributed by atoms with E-state index >= 15 is 0 Å². The highest BCUT2D eigenvalue weighted by Crippen LogP contribution is 2.22. The van der Waals surface area contributed by atoms with Crippen molar-refractivity contribution < 1.29 is 14.0 Å². The molecule has 2 aliphatic rings. The van der Waals surface area contributed by atoms with E-state index in [-0.39, 0.29) is 18.2 Å². The van der Waals surface area contributed by atoms with Gasteiger partial charge in [0.05, 0.1) is 25.0 Å². The fourth-order valence-electron chi connectivity index (χ4n) is 4.15. The molecule has 2 amide bonds. The molecule has 0 unspecified atom stereocenters. The zero-order valence-corrected chi connectivity index (χ0v) is 16.7. The van der Waals surface area contributed by atoms with Gasteiger partial charge >= 0.3 is 0 Å². The van der Waals surface area contributed by atoms with E-state index in [1.165, 1.54) is 5.56 Å². The predicted molar refractivity (Wildman–Crippen MR) is 106 cm³/mol. The average Bonchev–Trinajstić information content (AvgIpc) is 3.36. The lowest BCUT2D eigenvalue weighted by molar-refractivity contribution is -0.134. The highest BCUT2D eigenvalue weighted by Gasteiger charge is 2.31. The quantitative estimate of drug-likeness (QED) is 0.721. The van der Waals surface area contributed by atoms with Gasteiger partial charge in [-0.1, -0.05) is 0 Å². The second kappa shape index (κ2) is 8.73. The van der Waals surface area contributed by atoms with E-state index in [1.807, 2.05) is 17.9 Å².